The van der Waals surface area contributed by atoms with Gasteiger partial charge in [0.2, 0.25) is 0 Å². The number of furan rings is 1. The summed E-state index contributed by atoms with van der Waals surface area (Å²) >= 11 is 1.63. The Balaban J connectivity index is 1.69. The number of nitrogens with zero attached hydrogens (tertiary/aromatic N) is 1. The van der Waals surface area contributed by atoms with Gasteiger partial charge in [0.05, 0.1) is 20.5 Å². The van der Waals surface area contributed by atoms with Crippen molar-refractivity contribution in [1.82, 2.24) is 4.98 Å². The van der Waals surface area contributed by atoms with Gasteiger partial charge >= 0.3 is 0 Å². The Morgan fingerprint density at radius 3 is 2.75 bits per heavy atom. The summed E-state index contributed by atoms with van der Waals surface area (Å²) in [7, 11) is 3.27. The maximum atomic E-state index is 5.43. The first-order valence-corrected chi connectivity index (χ1v) is 8.62. The van der Waals surface area contributed by atoms with Gasteiger partial charge in [-0.15, -0.1) is 11.3 Å². The van der Waals surface area contributed by atoms with Crippen molar-refractivity contribution in [3.05, 3.63) is 53.4 Å². The van der Waals surface area contributed by atoms with Crippen LogP contribution in [0.5, 0.6) is 11.5 Å². The van der Waals surface area contributed by atoms with Crippen LogP contribution in [0.25, 0.3) is 10.6 Å². The van der Waals surface area contributed by atoms with Crippen LogP contribution in [-0.2, 0) is 6.54 Å². The van der Waals surface area contributed by atoms with Gasteiger partial charge in [0.15, 0.2) is 17.3 Å². The van der Waals surface area contributed by atoms with E-state index in [1.54, 1.807) is 31.8 Å². The van der Waals surface area contributed by atoms with E-state index in [9.17, 15) is 0 Å². The molecule has 1 atom stereocenters. The highest BCUT2D eigenvalue weighted by Gasteiger charge is 2.14. The van der Waals surface area contributed by atoms with Crippen molar-refractivity contribution in [2.75, 3.05) is 14.2 Å². The zero-order chi connectivity index (χ0) is 16.9. The van der Waals surface area contributed by atoms with Crippen molar-refractivity contribution in [3.8, 4) is 22.1 Å². The Bertz CT molecular complexity index is 783. The molecule has 1 aromatic carbocycles. The lowest BCUT2D eigenvalue weighted by atomic mass is 10.2. The molecule has 2 N–H and O–H groups in total. The number of ether oxygens (including phenoxy) is 2. The van der Waals surface area contributed by atoms with E-state index in [0.29, 0.717) is 5.75 Å². The van der Waals surface area contributed by atoms with Crippen LogP contribution >= 0.6 is 11.3 Å². The van der Waals surface area contributed by atoms with E-state index < -0.39 is 0 Å². The predicted octanol–water partition coefficient (Wildman–Crippen LogP) is 3.24. The molecule has 0 bridgehead atoms. The topological polar surface area (TPSA) is 61.1 Å². The normalized spacial score (nSPS) is 12.1. The molecule has 6 heteroatoms. The Kier molecular flexibility index (Phi) is 5.17. The maximum Gasteiger partial charge on any atom is 0.161 e. The van der Waals surface area contributed by atoms with Gasteiger partial charge in [0.25, 0.3) is 0 Å². The van der Waals surface area contributed by atoms with Crippen molar-refractivity contribution < 1.29 is 19.2 Å². The van der Waals surface area contributed by atoms with Crippen LogP contribution in [0.15, 0.2) is 46.4 Å². The first kappa shape index (κ1) is 16.5. The third kappa shape index (κ3) is 3.60. The minimum Gasteiger partial charge on any atom is -0.493 e. The van der Waals surface area contributed by atoms with Gasteiger partial charge < -0.3 is 19.2 Å². The van der Waals surface area contributed by atoms with E-state index in [1.165, 1.54) is 0 Å². The molecule has 0 fully saturated rings. The lowest BCUT2D eigenvalue weighted by Gasteiger charge is -2.08. The number of benzene rings is 1. The number of rotatable bonds is 7. The molecular weight excluding hydrogens is 324 g/mol. The maximum absolute atomic E-state index is 5.43. The first-order valence-electron chi connectivity index (χ1n) is 7.74. The molecule has 0 saturated heterocycles. The smallest absolute Gasteiger partial charge is 0.161 e. The van der Waals surface area contributed by atoms with E-state index >= 15 is 0 Å². The van der Waals surface area contributed by atoms with Crippen LogP contribution in [0, 0.1) is 0 Å². The van der Waals surface area contributed by atoms with E-state index in [4.69, 9.17) is 18.9 Å². The van der Waals surface area contributed by atoms with Crippen LogP contribution in [0.4, 0.5) is 0 Å². The van der Waals surface area contributed by atoms with Crippen LogP contribution in [0.3, 0.4) is 0 Å². The van der Waals surface area contributed by atoms with Gasteiger partial charge in [-0.1, -0.05) is 0 Å². The van der Waals surface area contributed by atoms with Gasteiger partial charge in [0.1, 0.15) is 23.3 Å². The predicted molar refractivity (Wildman–Crippen MR) is 93.4 cm³/mol. The third-order valence-electron chi connectivity index (χ3n) is 3.85. The summed E-state index contributed by atoms with van der Waals surface area (Å²) < 4.78 is 16.1. The van der Waals surface area contributed by atoms with Gasteiger partial charge in [-0.05, 0) is 37.3 Å². The standard InChI is InChI=1S/C18H20N2O3S/c1-12(15-5-4-8-23-15)19-10-14-11-24-18(20-14)13-6-7-16(21-2)17(9-13)22-3/h4-9,11-12,19H,10H2,1-3H3/p+1/t12-/m1/s1. The molecular formula is C18H21N2O3S+. The fourth-order valence-electron chi connectivity index (χ4n) is 2.47. The van der Waals surface area contributed by atoms with Gasteiger partial charge in [-0.25, -0.2) is 4.98 Å². The molecule has 126 valence electrons. The summed E-state index contributed by atoms with van der Waals surface area (Å²) in [5.41, 5.74) is 2.09. The molecule has 24 heavy (non-hydrogen) atoms. The van der Waals surface area contributed by atoms with E-state index in [0.717, 1.165) is 34.3 Å². The molecule has 3 aromatic rings. The molecule has 0 aliphatic carbocycles. The van der Waals surface area contributed by atoms with Crippen molar-refractivity contribution in [2.45, 2.75) is 19.5 Å². The summed E-state index contributed by atoms with van der Waals surface area (Å²) in [6, 6.07) is 10.0. The molecule has 3 rings (SSSR count). The minimum atomic E-state index is 0.270. The van der Waals surface area contributed by atoms with Crippen molar-refractivity contribution >= 4 is 11.3 Å². The van der Waals surface area contributed by atoms with Crippen LogP contribution in [0.1, 0.15) is 24.4 Å². The van der Waals surface area contributed by atoms with Crippen molar-refractivity contribution in [1.29, 1.82) is 0 Å². The monoisotopic (exact) mass is 345 g/mol. The van der Waals surface area contributed by atoms with Crippen LogP contribution in [-0.4, -0.2) is 19.2 Å². The molecule has 0 spiro atoms. The highest BCUT2D eigenvalue weighted by Crippen LogP contribution is 2.33. The molecule has 0 aliphatic heterocycles. The quantitative estimate of drug-likeness (QED) is 0.714. The van der Waals surface area contributed by atoms with Gasteiger partial charge in [-0.3, -0.25) is 0 Å². The molecule has 2 heterocycles. The van der Waals surface area contributed by atoms with Gasteiger partial charge in [0, 0.05) is 10.9 Å². The summed E-state index contributed by atoms with van der Waals surface area (Å²) in [5.74, 6) is 2.41. The summed E-state index contributed by atoms with van der Waals surface area (Å²) in [5, 5.41) is 5.29. The first-order chi connectivity index (χ1) is 11.7. The van der Waals surface area contributed by atoms with E-state index in [1.807, 2.05) is 30.3 Å². The molecule has 0 unspecified atom stereocenters. The Hall–Kier alpha value is -2.31. The number of hydrogen-bond acceptors (Lipinski definition) is 5. The zero-order valence-electron chi connectivity index (χ0n) is 14.0. The lowest BCUT2D eigenvalue weighted by molar-refractivity contribution is -0.710. The molecule has 0 saturated carbocycles. The lowest BCUT2D eigenvalue weighted by Crippen LogP contribution is -2.83. The number of hydrogen-bond donors (Lipinski definition) is 1. The molecule has 2 aromatic heterocycles. The average molecular weight is 345 g/mol. The van der Waals surface area contributed by atoms with Crippen LogP contribution in [0.2, 0.25) is 0 Å². The minimum absolute atomic E-state index is 0.270. The number of aromatic nitrogens is 1. The van der Waals surface area contributed by atoms with Crippen molar-refractivity contribution in [2.24, 2.45) is 0 Å². The molecule has 0 amide bonds. The molecule has 5 nitrogen and oxygen atoms in total. The van der Waals surface area contributed by atoms with E-state index in [2.05, 4.69) is 17.6 Å². The third-order valence-corrected chi connectivity index (χ3v) is 4.79. The number of thiazole rings is 1. The molecule has 0 aliphatic rings. The Labute approximate surface area is 145 Å². The highest BCUT2D eigenvalue weighted by molar-refractivity contribution is 7.13. The highest BCUT2D eigenvalue weighted by atomic mass is 32.1. The second-order valence-electron chi connectivity index (χ2n) is 5.46. The largest absolute Gasteiger partial charge is 0.493 e. The Morgan fingerprint density at radius 1 is 1.21 bits per heavy atom. The van der Waals surface area contributed by atoms with Crippen LogP contribution < -0.4 is 14.8 Å². The van der Waals surface area contributed by atoms with E-state index in [-0.39, 0.29) is 6.04 Å². The summed E-state index contributed by atoms with van der Waals surface area (Å²) in [6.45, 7) is 2.94. The molecule has 0 radical (unpaired) electrons. The number of nitrogens with two attached hydrogens (primary N) is 1. The van der Waals surface area contributed by atoms with Crippen molar-refractivity contribution in [3.63, 3.8) is 0 Å². The Morgan fingerprint density at radius 2 is 2.04 bits per heavy atom. The number of quaternary nitrogens is 1. The fraction of sp³-hybridized carbons (Fsp3) is 0.278. The zero-order valence-corrected chi connectivity index (χ0v) is 14.8. The second kappa shape index (κ2) is 7.51. The number of methoxy groups -OCH3 is 2. The fourth-order valence-corrected chi connectivity index (χ4v) is 3.30. The summed E-state index contributed by atoms with van der Waals surface area (Å²) in [6.07, 6.45) is 1.71. The second-order valence-corrected chi connectivity index (χ2v) is 6.32. The SMILES string of the molecule is COc1ccc(-c2nc(C[NH2+][C@H](C)c3ccco3)cs2)cc1OC. The van der Waals surface area contributed by atoms with Gasteiger partial charge in [-0.2, -0.15) is 0 Å². The summed E-state index contributed by atoms with van der Waals surface area (Å²) in [4.78, 5) is 4.72. The average Bonchev–Trinajstić information content (AvgIpc) is 3.30.